The summed E-state index contributed by atoms with van der Waals surface area (Å²) in [5, 5.41) is -0.292. The van der Waals surface area contributed by atoms with Gasteiger partial charge in [-0.1, -0.05) is 35.9 Å². The molecule has 2 aromatic carbocycles. The largest absolute Gasteiger partial charge is 0.481 e. The highest BCUT2D eigenvalue weighted by Gasteiger charge is 2.35. The minimum atomic E-state index is -0.483. The molecule has 0 aromatic heterocycles. The lowest BCUT2D eigenvalue weighted by atomic mass is 10.1. The van der Waals surface area contributed by atoms with Gasteiger partial charge in [-0.25, -0.2) is 4.79 Å². The maximum absolute atomic E-state index is 12.7. The molecule has 0 N–H and O–H groups in total. The smallest absolute Gasteiger partial charge is 0.343 e. The van der Waals surface area contributed by atoms with Gasteiger partial charge >= 0.3 is 5.97 Å². The van der Waals surface area contributed by atoms with E-state index in [4.69, 9.17) is 4.74 Å². The Kier molecular flexibility index (Phi) is 6.76. The maximum atomic E-state index is 12.7. The van der Waals surface area contributed by atoms with Crippen molar-refractivity contribution >= 4 is 50.9 Å². The SMILES string of the molecule is COC(=O)COc1ccc(/C=C2\SC(=O)N(Cc3cccc(C)c3)C2=O)cc1Br. The molecule has 0 atom stereocenters. The van der Waals surface area contributed by atoms with Crippen LogP contribution in [-0.2, 0) is 20.9 Å². The second-order valence-electron chi connectivity index (χ2n) is 6.31. The van der Waals surface area contributed by atoms with E-state index >= 15 is 0 Å². The molecule has 0 radical (unpaired) electrons. The van der Waals surface area contributed by atoms with Crippen LogP contribution in [0.1, 0.15) is 16.7 Å². The van der Waals surface area contributed by atoms with Gasteiger partial charge in [-0.3, -0.25) is 14.5 Å². The summed E-state index contributed by atoms with van der Waals surface area (Å²) in [7, 11) is 1.29. The van der Waals surface area contributed by atoms with Crippen LogP contribution in [0, 0.1) is 6.92 Å². The van der Waals surface area contributed by atoms with Crippen LogP contribution in [0.5, 0.6) is 5.75 Å². The molecule has 1 fully saturated rings. The van der Waals surface area contributed by atoms with E-state index in [0.29, 0.717) is 15.1 Å². The van der Waals surface area contributed by atoms with E-state index in [1.807, 2.05) is 31.2 Å². The van der Waals surface area contributed by atoms with Gasteiger partial charge in [0.2, 0.25) is 0 Å². The molecule has 29 heavy (non-hydrogen) atoms. The molecule has 6 nitrogen and oxygen atoms in total. The third kappa shape index (κ3) is 5.27. The van der Waals surface area contributed by atoms with Crippen molar-refractivity contribution in [2.24, 2.45) is 0 Å². The molecule has 8 heteroatoms. The zero-order chi connectivity index (χ0) is 21.0. The number of carbonyl (C=O) groups excluding carboxylic acids is 3. The number of esters is 1. The van der Waals surface area contributed by atoms with Crippen LogP contribution in [0.2, 0.25) is 0 Å². The van der Waals surface area contributed by atoms with Crippen molar-refractivity contribution in [3.05, 3.63) is 68.5 Å². The predicted octanol–water partition coefficient (Wildman–Crippen LogP) is 4.55. The number of imide groups is 1. The molecule has 0 aliphatic carbocycles. The summed E-state index contributed by atoms with van der Waals surface area (Å²) in [6.45, 7) is 2.01. The minimum absolute atomic E-state index is 0.202. The van der Waals surface area contributed by atoms with Crippen molar-refractivity contribution in [2.45, 2.75) is 13.5 Å². The summed E-state index contributed by atoms with van der Waals surface area (Å²) >= 11 is 4.30. The number of rotatable bonds is 6. The number of amides is 2. The molecule has 3 rings (SSSR count). The van der Waals surface area contributed by atoms with Crippen molar-refractivity contribution < 1.29 is 23.9 Å². The molecule has 0 saturated carbocycles. The highest BCUT2D eigenvalue weighted by molar-refractivity contribution is 9.10. The fraction of sp³-hybridized carbons (Fsp3) is 0.190. The number of carbonyl (C=O) groups is 3. The lowest BCUT2D eigenvalue weighted by molar-refractivity contribution is -0.142. The first kappa shape index (κ1) is 21.1. The van der Waals surface area contributed by atoms with Crippen molar-refractivity contribution in [2.75, 3.05) is 13.7 Å². The van der Waals surface area contributed by atoms with E-state index < -0.39 is 5.97 Å². The van der Waals surface area contributed by atoms with Crippen molar-refractivity contribution in [3.8, 4) is 5.75 Å². The maximum Gasteiger partial charge on any atom is 0.343 e. The van der Waals surface area contributed by atoms with Gasteiger partial charge in [0.05, 0.1) is 23.0 Å². The van der Waals surface area contributed by atoms with E-state index in [1.54, 1.807) is 24.3 Å². The van der Waals surface area contributed by atoms with Gasteiger partial charge in [-0.15, -0.1) is 0 Å². The predicted molar refractivity (Wildman–Crippen MR) is 114 cm³/mol. The van der Waals surface area contributed by atoms with Crippen LogP contribution in [0.4, 0.5) is 4.79 Å². The van der Waals surface area contributed by atoms with Crippen LogP contribution < -0.4 is 4.74 Å². The highest BCUT2D eigenvalue weighted by Crippen LogP contribution is 2.34. The highest BCUT2D eigenvalue weighted by atomic mass is 79.9. The summed E-state index contributed by atoms with van der Waals surface area (Å²) in [5.41, 5.74) is 2.70. The Morgan fingerprint density at radius 3 is 2.69 bits per heavy atom. The van der Waals surface area contributed by atoms with E-state index in [2.05, 4.69) is 20.7 Å². The molecule has 2 amide bonds. The van der Waals surface area contributed by atoms with Crippen LogP contribution >= 0.6 is 27.7 Å². The zero-order valence-corrected chi connectivity index (χ0v) is 18.2. The topological polar surface area (TPSA) is 72.9 Å². The molecule has 150 valence electrons. The summed E-state index contributed by atoms with van der Waals surface area (Å²) in [5.74, 6) is -0.327. The first-order valence-corrected chi connectivity index (χ1v) is 10.3. The van der Waals surface area contributed by atoms with E-state index in [-0.39, 0.29) is 24.3 Å². The first-order valence-electron chi connectivity index (χ1n) is 8.67. The van der Waals surface area contributed by atoms with Gasteiger partial charge in [-0.2, -0.15) is 0 Å². The number of benzene rings is 2. The van der Waals surface area contributed by atoms with Gasteiger partial charge in [0.15, 0.2) is 6.61 Å². The fourth-order valence-corrected chi connectivity index (χ4v) is 4.05. The summed E-state index contributed by atoms with van der Waals surface area (Å²) in [6, 6.07) is 12.9. The Morgan fingerprint density at radius 1 is 1.21 bits per heavy atom. The summed E-state index contributed by atoms with van der Waals surface area (Å²) in [6.07, 6.45) is 1.66. The van der Waals surface area contributed by atoms with Crippen LogP contribution in [0.3, 0.4) is 0 Å². The van der Waals surface area contributed by atoms with E-state index in [9.17, 15) is 14.4 Å². The average molecular weight is 476 g/mol. The molecule has 0 bridgehead atoms. The molecule has 1 saturated heterocycles. The quantitative estimate of drug-likeness (QED) is 0.450. The van der Waals surface area contributed by atoms with Gasteiger partial charge < -0.3 is 9.47 Å². The Hall–Kier alpha value is -2.58. The number of thioether (sulfide) groups is 1. The second kappa shape index (κ2) is 9.28. The third-order valence-electron chi connectivity index (χ3n) is 4.12. The van der Waals surface area contributed by atoms with Gasteiger partial charge in [0.25, 0.3) is 11.1 Å². The first-order chi connectivity index (χ1) is 13.9. The molecular formula is C21H18BrNO5S. The molecule has 1 heterocycles. The number of nitrogens with zero attached hydrogens (tertiary/aromatic N) is 1. The van der Waals surface area contributed by atoms with Crippen molar-refractivity contribution in [1.82, 2.24) is 4.90 Å². The second-order valence-corrected chi connectivity index (χ2v) is 8.16. The molecular weight excluding hydrogens is 458 g/mol. The number of aryl methyl sites for hydroxylation is 1. The molecule has 2 aromatic rings. The molecule has 0 unspecified atom stereocenters. The molecule has 1 aliphatic heterocycles. The zero-order valence-electron chi connectivity index (χ0n) is 15.8. The lowest BCUT2D eigenvalue weighted by Crippen LogP contribution is -2.27. The summed E-state index contributed by atoms with van der Waals surface area (Å²) < 4.78 is 10.5. The standard InChI is InChI=1S/C21H18BrNO5S/c1-13-4-3-5-15(8-13)11-23-20(25)18(29-21(23)26)10-14-6-7-17(16(22)9-14)28-12-19(24)27-2/h3-10H,11-12H2,1-2H3/b18-10-. The Bertz CT molecular complexity index is 1000. The molecule has 1 aliphatic rings. The van der Waals surface area contributed by atoms with E-state index in [1.165, 1.54) is 12.0 Å². The van der Waals surface area contributed by atoms with Gasteiger partial charge in [0.1, 0.15) is 5.75 Å². The monoisotopic (exact) mass is 475 g/mol. The van der Waals surface area contributed by atoms with Crippen molar-refractivity contribution in [3.63, 3.8) is 0 Å². The number of ether oxygens (including phenoxy) is 2. The van der Waals surface area contributed by atoms with Crippen LogP contribution in [0.15, 0.2) is 51.8 Å². The average Bonchev–Trinajstić information content (AvgIpc) is 2.94. The van der Waals surface area contributed by atoms with Gasteiger partial charge in [0, 0.05) is 0 Å². The number of methoxy groups -OCH3 is 1. The Balaban J connectivity index is 1.73. The Morgan fingerprint density at radius 2 is 2.00 bits per heavy atom. The van der Waals surface area contributed by atoms with Crippen LogP contribution in [0.25, 0.3) is 6.08 Å². The van der Waals surface area contributed by atoms with Gasteiger partial charge in [-0.05, 0) is 64.0 Å². The fourth-order valence-electron chi connectivity index (χ4n) is 2.70. The Labute approximate surface area is 181 Å². The number of hydrogen-bond acceptors (Lipinski definition) is 6. The number of halogens is 1. The number of hydrogen-bond donors (Lipinski definition) is 0. The normalized spacial score (nSPS) is 15.1. The van der Waals surface area contributed by atoms with Crippen LogP contribution in [-0.4, -0.2) is 35.7 Å². The molecule has 0 spiro atoms. The van der Waals surface area contributed by atoms with E-state index in [0.717, 1.165) is 28.5 Å². The third-order valence-corrected chi connectivity index (χ3v) is 5.65. The summed E-state index contributed by atoms with van der Waals surface area (Å²) in [4.78, 5) is 37.8. The minimum Gasteiger partial charge on any atom is -0.481 e. The lowest BCUT2D eigenvalue weighted by Gasteiger charge is -2.12. The van der Waals surface area contributed by atoms with Crippen molar-refractivity contribution in [1.29, 1.82) is 0 Å².